The number of hydrogen-bond acceptors (Lipinski definition) is 4. The van der Waals surface area contributed by atoms with Crippen molar-refractivity contribution in [2.24, 2.45) is 0 Å². The minimum Gasteiger partial charge on any atom is -0.481 e. The van der Waals surface area contributed by atoms with Gasteiger partial charge in [0, 0.05) is 6.07 Å². The number of halogens is 2. The third-order valence-corrected chi connectivity index (χ3v) is 2.17. The van der Waals surface area contributed by atoms with Crippen molar-refractivity contribution < 1.29 is 28.3 Å². The molecule has 0 saturated carbocycles. The third kappa shape index (κ3) is 3.37. The number of alkyl halides is 2. The van der Waals surface area contributed by atoms with Crippen LogP contribution < -0.4 is 4.74 Å². The summed E-state index contributed by atoms with van der Waals surface area (Å²) < 4.78 is 28.2. The maximum absolute atomic E-state index is 12.1. The highest BCUT2D eigenvalue weighted by molar-refractivity contribution is 5.71. The monoisotopic (exact) mass is 261 g/mol. The van der Waals surface area contributed by atoms with Crippen LogP contribution in [0, 0.1) is 17.0 Å². The lowest BCUT2D eigenvalue weighted by molar-refractivity contribution is -0.386. The van der Waals surface area contributed by atoms with Gasteiger partial charge in [-0.2, -0.15) is 8.78 Å². The van der Waals surface area contributed by atoms with Crippen LogP contribution in [-0.4, -0.2) is 22.6 Å². The third-order valence-electron chi connectivity index (χ3n) is 2.17. The number of nitro benzene ring substituents is 1. The number of benzene rings is 1. The van der Waals surface area contributed by atoms with Gasteiger partial charge in [-0.25, -0.2) is 0 Å². The summed E-state index contributed by atoms with van der Waals surface area (Å²) in [5.74, 6) is -1.81. The average molecular weight is 261 g/mol. The number of carboxylic acids is 1. The number of carboxylic acid groups (broad SMARTS) is 1. The molecule has 0 heterocycles. The van der Waals surface area contributed by atoms with Gasteiger partial charge in [-0.3, -0.25) is 14.9 Å². The van der Waals surface area contributed by atoms with Crippen molar-refractivity contribution in [3.8, 4) is 5.75 Å². The molecule has 1 aromatic carbocycles. The minimum absolute atomic E-state index is 0.184. The molecule has 0 aliphatic carbocycles. The highest BCUT2D eigenvalue weighted by Gasteiger charge is 2.21. The van der Waals surface area contributed by atoms with Crippen LogP contribution in [0.1, 0.15) is 11.1 Å². The Balaban J connectivity index is 3.25. The summed E-state index contributed by atoms with van der Waals surface area (Å²) in [6, 6.07) is 1.96. The van der Waals surface area contributed by atoms with E-state index in [1.807, 2.05) is 0 Å². The predicted molar refractivity (Wildman–Crippen MR) is 55.8 cm³/mol. The van der Waals surface area contributed by atoms with E-state index >= 15 is 0 Å². The highest BCUT2D eigenvalue weighted by Crippen LogP contribution is 2.31. The Bertz CT molecular complexity index is 489. The Morgan fingerprint density at radius 2 is 2.17 bits per heavy atom. The molecule has 6 nitrogen and oxygen atoms in total. The zero-order valence-corrected chi connectivity index (χ0v) is 9.22. The standard InChI is InChI=1S/C10H9F2NO5/c1-5-2-7(13(16)17)8(18-10(11)12)3-6(5)4-9(14)15/h2-3,10H,4H2,1H3,(H,14,15). The molecule has 0 aromatic heterocycles. The fourth-order valence-electron chi connectivity index (χ4n) is 1.40. The first-order valence-corrected chi connectivity index (χ1v) is 4.75. The van der Waals surface area contributed by atoms with Gasteiger partial charge in [-0.15, -0.1) is 0 Å². The van der Waals surface area contributed by atoms with E-state index in [-0.39, 0.29) is 5.56 Å². The maximum Gasteiger partial charge on any atom is 0.387 e. The van der Waals surface area contributed by atoms with E-state index in [0.717, 1.165) is 12.1 Å². The van der Waals surface area contributed by atoms with Crippen molar-refractivity contribution in [3.05, 3.63) is 33.4 Å². The molecule has 1 aromatic rings. The van der Waals surface area contributed by atoms with Crippen molar-refractivity contribution in [2.75, 3.05) is 0 Å². The van der Waals surface area contributed by atoms with Crippen LogP contribution in [0.3, 0.4) is 0 Å². The number of ether oxygens (including phenoxy) is 1. The van der Waals surface area contributed by atoms with E-state index in [1.54, 1.807) is 0 Å². The molecule has 0 fully saturated rings. The normalized spacial score (nSPS) is 10.4. The van der Waals surface area contributed by atoms with Crippen LogP contribution in [0.2, 0.25) is 0 Å². The molecule has 8 heteroatoms. The number of rotatable bonds is 5. The highest BCUT2D eigenvalue weighted by atomic mass is 19.3. The zero-order valence-electron chi connectivity index (χ0n) is 9.22. The van der Waals surface area contributed by atoms with E-state index in [2.05, 4.69) is 4.74 Å². The average Bonchev–Trinajstić information content (AvgIpc) is 2.20. The fraction of sp³-hybridized carbons (Fsp3) is 0.300. The van der Waals surface area contributed by atoms with Gasteiger partial charge in [0.1, 0.15) is 0 Å². The van der Waals surface area contributed by atoms with E-state index < -0.39 is 35.4 Å². The SMILES string of the molecule is Cc1cc([N+](=O)[O-])c(OC(F)F)cc1CC(=O)O. The van der Waals surface area contributed by atoms with Crippen LogP contribution >= 0.6 is 0 Å². The first kappa shape index (κ1) is 13.8. The molecule has 0 amide bonds. The summed E-state index contributed by atoms with van der Waals surface area (Å²) in [6.45, 7) is -1.76. The quantitative estimate of drug-likeness (QED) is 0.647. The van der Waals surface area contributed by atoms with E-state index in [1.165, 1.54) is 6.92 Å². The molecule has 1 rings (SSSR count). The summed E-state index contributed by atoms with van der Waals surface area (Å²) in [6.07, 6.45) is -0.427. The summed E-state index contributed by atoms with van der Waals surface area (Å²) in [5.41, 5.74) is -0.114. The van der Waals surface area contributed by atoms with Gasteiger partial charge < -0.3 is 9.84 Å². The van der Waals surface area contributed by atoms with Gasteiger partial charge in [0.15, 0.2) is 0 Å². The molecular formula is C10H9F2NO5. The molecule has 0 atom stereocenters. The molecule has 1 N–H and O–H groups in total. The van der Waals surface area contributed by atoms with Gasteiger partial charge in [0.2, 0.25) is 5.75 Å². The second-order valence-corrected chi connectivity index (χ2v) is 3.45. The van der Waals surface area contributed by atoms with E-state index in [4.69, 9.17) is 5.11 Å². The number of nitro groups is 1. The molecule has 0 radical (unpaired) electrons. The maximum atomic E-state index is 12.1. The zero-order chi connectivity index (χ0) is 13.9. The van der Waals surface area contributed by atoms with Gasteiger partial charge >= 0.3 is 18.3 Å². The molecule has 0 unspecified atom stereocenters. The number of aliphatic carboxylic acids is 1. The van der Waals surface area contributed by atoms with Crippen molar-refractivity contribution in [3.63, 3.8) is 0 Å². The van der Waals surface area contributed by atoms with Crippen LogP contribution in [-0.2, 0) is 11.2 Å². The Kier molecular flexibility index (Phi) is 4.13. The molecular weight excluding hydrogens is 252 g/mol. The van der Waals surface area contributed by atoms with Crippen molar-refractivity contribution >= 4 is 11.7 Å². The fourth-order valence-corrected chi connectivity index (χ4v) is 1.40. The molecule has 0 aliphatic heterocycles. The van der Waals surface area contributed by atoms with Crippen molar-refractivity contribution in [2.45, 2.75) is 20.0 Å². The first-order valence-electron chi connectivity index (χ1n) is 4.75. The summed E-state index contributed by atoms with van der Waals surface area (Å²) in [7, 11) is 0. The molecule has 0 spiro atoms. The molecule has 98 valence electrons. The molecule has 0 bridgehead atoms. The summed E-state index contributed by atoms with van der Waals surface area (Å²) in [4.78, 5) is 20.3. The smallest absolute Gasteiger partial charge is 0.387 e. The molecule has 0 aliphatic rings. The van der Waals surface area contributed by atoms with Crippen LogP contribution in [0.4, 0.5) is 14.5 Å². The van der Waals surface area contributed by atoms with Crippen molar-refractivity contribution in [1.82, 2.24) is 0 Å². The first-order chi connectivity index (χ1) is 8.31. The van der Waals surface area contributed by atoms with Gasteiger partial charge in [-0.05, 0) is 24.1 Å². The lowest BCUT2D eigenvalue weighted by atomic mass is 10.0. The Hall–Kier alpha value is -2.25. The largest absolute Gasteiger partial charge is 0.481 e. The van der Waals surface area contributed by atoms with Gasteiger partial charge in [0.25, 0.3) is 0 Å². The minimum atomic E-state index is -3.22. The molecule has 18 heavy (non-hydrogen) atoms. The number of nitrogens with zero attached hydrogens (tertiary/aromatic N) is 1. The second kappa shape index (κ2) is 5.39. The number of aryl methyl sites for hydroxylation is 1. The topological polar surface area (TPSA) is 89.7 Å². The van der Waals surface area contributed by atoms with Gasteiger partial charge in [0.05, 0.1) is 11.3 Å². The van der Waals surface area contributed by atoms with Crippen LogP contribution in [0.15, 0.2) is 12.1 Å². The van der Waals surface area contributed by atoms with Crippen LogP contribution in [0.5, 0.6) is 5.75 Å². The van der Waals surface area contributed by atoms with Gasteiger partial charge in [-0.1, -0.05) is 0 Å². The number of hydrogen-bond donors (Lipinski definition) is 1. The lowest BCUT2D eigenvalue weighted by Crippen LogP contribution is -2.08. The summed E-state index contributed by atoms with van der Waals surface area (Å²) >= 11 is 0. The molecule has 0 saturated heterocycles. The predicted octanol–water partition coefficient (Wildman–Crippen LogP) is 2.13. The second-order valence-electron chi connectivity index (χ2n) is 3.45. The Morgan fingerprint density at radius 3 is 2.61 bits per heavy atom. The van der Waals surface area contributed by atoms with Crippen molar-refractivity contribution in [1.29, 1.82) is 0 Å². The summed E-state index contributed by atoms with van der Waals surface area (Å²) in [5, 5.41) is 19.3. The van der Waals surface area contributed by atoms with E-state index in [0.29, 0.717) is 5.56 Å². The lowest BCUT2D eigenvalue weighted by Gasteiger charge is -2.09. The van der Waals surface area contributed by atoms with Crippen LogP contribution in [0.25, 0.3) is 0 Å². The Labute approximate surface area is 99.9 Å². The van der Waals surface area contributed by atoms with E-state index in [9.17, 15) is 23.7 Å². The Morgan fingerprint density at radius 1 is 1.56 bits per heavy atom. The number of carbonyl (C=O) groups is 1.